The molecule has 1 atom stereocenters. The molecule has 0 aliphatic carbocycles. The molecule has 3 rings (SSSR count). The van der Waals surface area contributed by atoms with Gasteiger partial charge in [-0.2, -0.15) is 0 Å². The van der Waals surface area contributed by atoms with Crippen LogP contribution < -0.4 is 4.90 Å². The van der Waals surface area contributed by atoms with E-state index in [0.29, 0.717) is 13.0 Å². The Morgan fingerprint density at radius 3 is 2.75 bits per heavy atom. The molecular weight excluding hydrogens is 254 g/mol. The summed E-state index contributed by atoms with van der Waals surface area (Å²) in [5.74, 6) is -0.0291. The fourth-order valence-corrected chi connectivity index (χ4v) is 3.01. The minimum Gasteiger partial charge on any atom is -0.342 e. The van der Waals surface area contributed by atoms with E-state index in [2.05, 4.69) is 4.98 Å². The van der Waals surface area contributed by atoms with E-state index >= 15 is 0 Å². The Kier molecular flexibility index (Phi) is 3.67. The Labute approximate surface area is 118 Å². The first-order valence-electron chi connectivity index (χ1n) is 7.25. The summed E-state index contributed by atoms with van der Waals surface area (Å²) < 4.78 is 0. The van der Waals surface area contributed by atoms with Crippen molar-refractivity contribution in [1.82, 2.24) is 9.88 Å². The minimum atomic E-state index is -0.194. The zero-order chi connectivity index (χ0) is 13.9. The van der Waals surface area contributed by atoms with Gasteiger partial charge in [-0.05, 0) is 31.4 Å². The average molecular weight is 273 g/mol. The van der Waals surface area contributed by atoms with Crippen LogP contribution in [0.3, 0.4) is 0 Å². The maximum Gasteiger partial charge on any atom is 0.228 e. The summed E-state index contributed by atoms with van der Waals surface area (Å²) in [6.07, 6.45) is 7.04. The molecule has 0 bridgehead atoms. The van der Waals surface area contributed by atoms with Crippen molar-refractivity contribution in [3.63, 3.8) is 0 Å². The SMILES string of the molecule is O=C(C1CC(=O)N(c2cccnc2)C1)N1CCCCC1. The van der Waals surface area contributed by atoms with Crippen molar-refractivity contribution in [3.8, 4) is 0 Å². The number of anilines is 1. The van der Waals surface area contributed by atoms with Crippen molar-refractivity contribution in [2.24, 2.45) is 5.92 Å². The monoisotopic (exact) mass is 273 g/mol. The van der Waals surface area contributed by atoms with Crippen LogP contribution in [0.5, 0.6) is 0 Å². The molecule has 0 radical (unpaired) electrons. The van der Waals surface area contributed by atoms with Crippen LogP contribution in [0.2, 0.25) is 0 Å². The van der Waals surface area contributed by atoms with E-state index in [1.807, 2.05) is 17.0 Å². The van der Waals surface area contributed by atoms with Crippen LogP contribution in [0.1, 0.15) is 25.7 Å². The minimum absolute atomic E-state index is 0.0216. The fraction of sp³-hybridized carbons (Fsp3) is 0.533. The maximum atomic E-state index is 12.5. The molecule has 5 heteroatoms. The molecule has 0 N–H and O–H groups in total. The Hall–Kier alpha value is -1.91. The third-order valence-corrected chi connectivity index (χ3v) is 4.10. The fourth-order valence-electron chi connectivity index (χ4n) is 3.01. The zero-order valence-electron chi connectivity index (χ0n) is 11.5. The molecule has 3 heterocycles. The van der Waals surface area contributed by atoms with Gasteiger partial charge in [-0.3, -0.25) is 14.6 Å². The first-order chi connectivity index (χ1) is 9.75. The van der Waals surface area contributed by atoms with Crippen LogP contribution in [0.25, 0.3) is 0 Å². The maximum absolute atomic E-state index is 12.5. The van der Waals surface area contributed by atoms with Gasteiger partial charge in [-0.25, -0.2) is 0 Å². The Bertz CT molecular complexity index is 497. The second-order valence-electron chi connectivity index (χ2n) is 5.50. The molecule has 2 amide bonds. The molecule has 1 aromatic heterocycles. The number of likely N-dealkylation sites (tertiary alicyclic amines) is 1. The van der Waals surface area contributed by atoms with Gasteiger partial charge in [0.25, 0.3) is 0 Å². The number of carbonyl (C=O) groups is 2. The van der Waals surface area contributed by atoms with E-state index in [-0.39, 0.29) is 17.7 Å². The van der Waals surface area contributed by atoms with E-state index in [1.54, 1.807) is 17.3 Å². The van der Waals surface area contributed by atoms with Gasteiger partial charge in [0.2, 0.25) is 11.8 Å². The summed E-state index contributed by atoms with van der Waals surface area (Å²) in [5.41, 5.74) is 0.784. The van der Waals surface area contributed by atoms with Crippen LogP contribution in [0.4, 0.5) is 5.69 Å². The zero-order valence-corrected chi connectivity index (χ0v) is 11.5. The van der Waals surface area contributed by atoms with Gasteiger partial charge in [-0.15, -0.1) is 0 Å². The third kappa shape index (κ3) is 2.53. The van der Waals surface area contributed by atoms with E-state index in [4.69, 9.17) is 0 Å². The van der Waals surface area contributed by atoms with Gasteiger partial charge in [-0.1, -0.05) is 0 Å². The van der Waals surface area contributed by atoms with Gasteiger partial charge < -0.3 is 9.80 Å². The van der Waals surface area contributed by atoms with Crippen molar-refractivity contribution in [2.45, 2.75) is 25.7 Å². The highest BCUT2D eigenvalue weighted by Crippen LogP contribution is 2.26. The lowest BCUT2D eigenvalue weighted by Gasteiger charge is -2.29. The molecule has 0 spiro atoms. The van der Waals surface area contributed by atoms with Gasteiger partial charge in [0.1, 0.15) is 0 Å². The van der Waals surface area contributed by atoms with Gasteiger partial charge in [0.15, 0.2) is 0 Å². The van der Waals surface area contributed by atoms with Crippen LogP contribution in [0, 0.1) is 5.92 Å². The number of rotatable bonds is 2. The summed E-state index contributed by atoms with van der Waals surface area (Å²) in [7, 11) is 0. The molecule has 106 valence electrons. The average Bonchev–Trinajstić information content (AvgIpc) is 2.90. The molecular formula is C15H19N3O2. The van der Waals surface area contributed by atoms with Crippen molar-refractivity contribution >= 4 is 17.5 Å². The molecule has 2 fully saturated rings. The lowest BCUT2D eigenvalue weighted by atomic mass is 10.0. The number of amides is 2. The predicted octanol–water partition coefficient (Wildman–Crippen LogP) is 1.45. The highest BCUT2D eigenvalue weighted by atomic mass is 16.2. The summed E-state index contributed by atoms with van der Waals surface area (Å²) in [5, 5.41) is 0. The number of aromatic nitrogens is 1. The summed E-state index contributed by atoms with van der Waals surface area (Å²) in [6, 6.07) is 3.67. The normalized spacial score (nSPS) is 23.2. The van der Waals surface area contributed by atoms with Crippen LogP contribution in [-0.4, -0.2) is 41.3 Å². The van der Waals surface area contributed by atoms with E-state index in [1.165, 1.54) is 6.42 Å². The standard InChI is InChI=1S/C15H19N3O2/c19-14-9-12(15(20)17-7-2-1-3-8-17)11-18(14)13-5-4-6-16-10-13/h4-6,10,12H,1-3,7-9,11H2. The first kappa shape index (κ1) is 13.1. The number of hydrogen-bond donors (Lipinski definition) is 0. The molecule has 0 saturated carbocycles. The van der Waals surface area contributed by atoms with E-state index < -0.39 is 0 Å². The summed E-state index contributed by atoms with van der Waals surface area (Å²) in [4.78, 5) is 32.2. The third-order valence-electron chi connectivity index (χ3n) is 4.10. The largest absolute Gasteiger partial charge is 0.342 e. The second kappa shape index (κ2) is 5.61. The molecule has 2 saturated heterocycles. The first-order valence-corrected chi connectivity index (χ1v) is 7.25. The quantitative estimate of drug-likeness (QED) is 0.819. The number of carbonyl (C=O) groups excluding carboxylic acids is 2. The van der Waals surface area contributed by atoms with Crippen molar-refractivity contribution < 1.29 is 9.59 Å². The number of pyridine rings is 1. The number of hydrogen-bond acceptors (Lipinski definition) is 3. The number of piperidine rings is 1. The summed E-state index contributed by atoms with van der Waals surface area (Å²) >= 11 is 0. The van der Waals surface area contributed by atoms with Gasteiger partial charge in [0, 0.05) is 32.3 Å². The Balaban J connectivity index is 1.68. The molecule has 2 aliphatic rings. The predicted molar refractivity (Wildman–Crippen MR) is 75.1 cm³/mol. The number of nitrogens with zero attached hydrogens (tertiary/aromatic N) is 3. The molecule has 1 unspecified atom stereocenters. The van der Waals surface area contributed by atoms with Gasteiger partial charge in [0.05, 0.1) is 17.8 Å². The lowest BCUT2D eigenvalue weighted by Crippen LogP contribution is -2.40. The van der Waals surface area contributed by atoms with Crippen molar-refractivity contribution in [2.75, 3.05) is 24.5 Å². The van der Waals surface area contributed by atoms with Crippen LogP contribution in [-0.2, 0) is 9.59 Å². The summed E-state index contributed by atoms with van der Waals surface area (Å²) in [6.45, 7) is 2.17. The lowest BCUT2D eigenvalue weighted by molar-refractivity contribution is -0.136. The highest BCUT2D eigenvalue weighted by molar-refractivity contribution is 6.00. The van der Waals surface area contributed by atoms with Gasteiger partial charge >= 0.3 is 0 Å². The molecule has 2 aliphatic heterocycles. The smallest absolute Gasteiger partial charge is 0.228 e. The highest BCUT2D eigenvalue weighted by Gasteiger charge is 2.37. The van der Waals surface area contributed by atoms with E-state index in [9.17, 15) is 9.59 Å². The molecule has 1 aromatic rings. The van der Waals surface area contributed by atoms with Crippen molar-refractivity contribution in [3.05, 3.63) is 24.5 Å². The van der Waals surface area contributed by atoms with Crippen LogP contribution in [0.15, 0.2) is 24.5 Å². The van der Waals surface area contributed by atoms with Crippen LogP contribution >= 0.6 is 0 Å². The second-order valence-corrected chi connectivity index (χ2v) is 5.50. The Morgan fingerprint density at radius 1 is 1.25 bits per heavy atom. The Morgan fingerprint density at radius 2 is 2.05 bits per heavy atom. The topological polar surface area (TPSA) is 53.5 Å². The van der Waals surface area contributed by atoms with E-state index in [0.717, 1.165) is 31.6 Å². The molecule has 20 heavy (non-hydrogen) atoms. The van der Waals surface area contributed by atoms with Crippen molar-refractivity contribution in [1.29, 1.82) is 0 Å². The molecule has 0 aromatic carbocycles. The molecule has 5 nitrogen and oxygen atoms in total.